The highest BCUT2D eigenvalue weighted by Gasteiger charge is 2.18. The van der Waals surface area contributed by atoms with E-state index in [1.54, 1.807) is 0 Å². The van der Waals surface area contributed by atoms with Crippen molar-refractivity contribution in [3.8, 4) is 0 Å². The van der Waals surface area contributed by atoms with E-state index in [0.29, 0.717) is 23.7 Å². The van der Waals surface area contributed by atoms with Crippen molar-refractivity contribution >= 4 is 29.2 Å². The molecule has 23 heavy (non-hydrogen) atoms. The molecule has 0 radical (unpaired) electrons. The molecule has 1 amide bonds. The van der Waals surface area contributed by atoms with Crippen LogP contribution in [0.3, 0.4) is 0 Å². The number of alkyl carbamates (subject to hydrolysis) is 1. The van der Waals surface area contributed by atoms with Crippen LogP contribution in [0.5, 0.6) is 0 Å². The van der Waals surface area contributed by atoms with E-state index in [1.165, 1.54) is 11.8 Å². The van der Waals surface area contributed by atoms with Gasteiger partial charge in [0.15, 0.2) is 0 Å². The Morgan fingerprint density at radius 2 is 1.65 bits per heavy atom. The number of anilines is 2. The molecule has 0 bridgehead atoms. The van der Waals surface area contributed by atoms with Gasteiger partial charge in [-0.25, -0.2) is 4.79 Å². The molecule has 0 aliphatic heterocycles. The number of benzene rings is 1. The number of nitrogen functional groups attached to an aromatic ring is 2. The fourth-order valence-corrected chi connectivity index (χ4v) is 2.75. The van der Waals surface area contributed by atoms with Gasteiger partial charge in [-0.3, -0.25) is 0 Å². The lowest BCUT2D eigenvalue weighted by atomic mass is 9.86. The van der Waals surface area contributed by atoms with Gasteiger partial charge in [-0.2, -0.15) is 0 Å². The smallest absolute Gasteiger partial charge is 0.407 e. The molecule has 1 aromatic carbocycles. The fraction of sp³-hybridized carbons (Fsp3) is 0.588. The van der Waals surface area contributed by atoms with Crippen LogP contribution in [0.15, 0.2) is 17.0 Å². The van der Waals surface area contributed by atoms with E-state index in [9.17, 15) is 4.79 Å². The summed E-state index contributed by atoms with van der Waals surface area (Å²) in [6, 6.07) is 3.94. The van der Waals surface area contributed by atoms with Crippen LogP contribution in [0.2, 0.25) is 0 Å². The van der Waals surface area contributed by atoms with Crippen molar-refractivity contribution in [3.05, 3.63) is 17.7 Å². The summed E-state index contributed by atoms with van der Waals surface area (Å²) in [5.74, 6) is 0.669. The highest BCUT2D eigenvalue weighted by Crippen LogP contribution is 2.35. The maximum atomic E-state index is 11.6. The largest absolute Gasteiger partial charge is 0.444 e. The van der Waals surface area contributed by atoms with Crippen LogP contribution in [-0.2, 0) is 10.2 Å². The monoisotopic (exact) mass is 339 g/mol. The third kappa shape index (κ3) is 6.60. The second-order valence-corrected chi connectivity index (χ2v) is 8.62. The Morgan fingerprint density at radius 3 is 2.09 bits per heavy atom. The lowest BCUT2D eigenvalue weighted by Gasteiger charge is -2.22. The van der Waals surface area contributed by atoms with E-state index in [1.807, 2.05) is 32.9 Å². The predicted octanol–water partition coefficient (Wildman–Crippen LogP) is 3.77. The first-order valence-corrected chi connectivity index (χ1v) is 8.68. The predicted molar refractivity (Wildman–Crippen MR) is 98.9 cm³/mol. The Morgan fingerprint density at radius 1 is 1.13 bits per heavy atom. The molecule has 0 fully saturated rings. The van der Waals surface area contributed by atoms with Gasteiger partial charge in [0.1, 0.15) is 5.60 Å². The van der Waals surface area contributed by atoms with Crippen LogP contribution >= 0.6 is 11.8 Å². The lowest BCUT2D eigenvalue weighted by molar-refractivity contribution is 0.0531. The molecule has 0 heterocycles. The maximum Gasteiger partial charge on any atom is 0.407 e. The quantitative estimate of drug-likeness (QED) is 0.441. The van der Waals surface area contributed by atoms with Crippen molar-refractivity contribution < 1.29 is 9.53 Å². The number of amides is 1. The molecule has 0 saturated heterocycles. The minimum Gasteiger partial charge on any atom is -0.444 e. The Bertz CT molecular complexity index is 537. The van der Waals surface area contributed by atoms with Gasteiger partial charge in [-0.05, 0) is 43.9 Å². The molecule has 5 nitrogen and oxygen atoms in total. The van der Waals surface area contributed by atoms with E-state index < -0.39 is 11.7 Å². The number of carbonyl (C=O) groups is 1. The molecule has 1 aromatic rings. The Hall–Kier alpha value is -1.56. The van der Waals surface area contributed by atoms with Gasteiger partial charge in [0, 0.05) is 23.7 Å². The average Bonchev–Trinajstić information content (AvgIpc) is 2.33. The summed E-state index contributed by atoms with van der Waals surface area (Å²) >= 11 is 1.53. The zero-order valence-electron chi connectivity index (χ0n) is 14.9. The summed E-state index contributed by atoms with van der Waals surface area (Å²) in [5.41, 5.74) is 14.2. The molecular formula is C17H29N3O2S. The first kappa shape index (κ1) is 19.5. The van der Waals surface area contributed by atoms with Gasteiger partial charge in [0.25, 0.3) is 0 Å². The van der Waals surface area contributed by atoms with Crippen LogP contribution < -0.4 is 16.8 Å². The van der Waals surface area contributed by atoms with E-state index in [2.05, 4.69) is 26.1 Å². The Kier molecular flexibility index (Phi) is 6.22. The number of ether oxygens (including phenoxy) is 1. The molecule has 0 unspecified atom stereocenters. The van der Waals surface area contributed by atoms with Gasteiger partial charge in [0.2, 0.25) is 0 Å². The van der Waals surface area contributed by atoms with Gasteiger partial charge < -0.3 is 21.5 Å². The van der Waals surface area contributed by atoms with Crippen molar-refractivity contribution in [1.82, 2.24) is 5.32 Å². The van der Waals surface area contributed by atoms with Crippen molar-refractivity contribution in [2.75, 3.05) is 23.8 Å². The number of carbonyl (C=O) groups excluding carboxylic acids is 1. The van der Waals surface area contributed by atoms with E-state index in [0.717, 1.165) is 10.5 Å². The van der Waals surface area contributed by atoms with Crippen molar-refractivity contribution in [3.63, 3.8) is 0 Å². The number of nitrogens with two attached hydrogens (primary N) is 2. The maximum absolute atomic E-state index is 11.6. The van der Waals surface area contributed by atoms with Crippen LogP contribution in [0.1, 0.15) is 47.1 Å². The van der Waals surface area contributed by atoms with Gasteiger partial charge in [0.05, 0.1) is 4.90 Å². The van der Waals surface area contributed by atoms with Gasteiger partial charge in [-0.15, -0.1) is 11.8 Å². The summed E-state index contributed by atoms with van der Waals surface area (Å²) in [6.45, 7) is 12.4. The molecular weight excluding hydrogens is 310 g/mol. The number of thioether (sulfide) groups is 1. The average molecular weight is 340 g/mol. The number of hydrogen-bond donors (Lipinski definition) is 3. The SMILES string of the molecule is CC(C)(C)OC(=O)NCCSc1c(N)cc(C(C)(C)C)cc1N. The number of nitrogens with one attached hydrogen (secondary N) is 1. The highest BCUT2D eigenvalue weighted by atomic mass is 32.2. The van der Waals surface area contributed by atoms with Crippen molar-refractivity contribution in [2.45, 2.75) is 57.5 Å². The zero-order valence-corrected chi connectivity index (χ0v) is 15.8. The lowest BCUT2D eigenvalue weighted by Crippen LogP contribution is -2.33. The molecule has 0 saturated carbocycles. The normalized spacial score (nSPS) is 12.1. The molecule has 0 aromatic heterocycles. The minimum absolute atomic E-state index is 0.00368. The van der Waals surface area contributed by atoms with Crippen molar-refractivity contribution in [2.24, 2.45) is 0 Å². The van der Waals surface area contributed by atoms with Gasteiger partial charge >= 0.3 is 6.09 Å². The van der Waals surface area contributed by atoms with E-state index >= 15 is 0 Å². The molecule has 0 aliphatic carbocycles. The number of rotatable bonds is 4. The first-order valence-electron chi connectivity index (χ1n) is 7.69. The van der Waals surface area contributed by atoms with Crippen molar-refractivity contribution in [1.29, 1.82) is 0 Å². The third-order valence-corrected chi connectivity index (χ3v) is 4.20. The van der Waals surface area contributed by atoms with E-state index in [-0.39, 0.29) is 5.41 Å². The fourth-order valence-electron chi connectivity index (χ4n) is 1.89. The van der Waals surface area contributed by atoms with Gasteiger partial charge in [-0.1, -0.05) is 20.8 Å². The summed E-state index contributed by atoms with van der Waals surface area (Å²) in [6.07, 6.45) is -0.415. The summed E-state index contributed by atoms with van der Waals surface area (Å²) < 4.78 is 5.18. The van der Waals surface area contributed by atoms with Crippen LogP contribution in [0.4, 0.5) is 16.2 Å². The van der Waals surface area contributed by atoms with Crippen LogP contribution in [0, 0.1) is 0 Å². The van der Waals surface area contributed by atoms with Crippen LogP contribution in [0.25, 0.3) is 0 Å². The molecule has 6 heteroatoms. The highest BCUT2D eigenvalue weighted by molar-refractivity contribution is 7.99. The molecule has 0 spiro atoms. The molecule has 0 atom stereocenters. The van der Waals surface area contributed by atoms with Crippen LogP contribution in [-0.4, -0.2) is 24.0 Å². The summed E-state index contributed by atoms with van der Waals surface area (Å²) in [4.78, 5) is 12.4. The second kappa shape index (κ2) is 7.34. The standard InChI is InChI=1S/C17H29N3O2S/c1-16(2,3)11-9-12(18)14(13(19)10-11)23-8-7-20-15(21)22-17(4,5)6/h9-10H,7-8,18-19H2,1-6H3,(H,20,21). The second-order valence-electron chi connectivity index (χ2n) is 7.51. The summed E-state index contributed by atoms with van der Waals surface area (Å²) in [7, 11) is 0. The van der Waals surface area contributed by atoms with E-state index in [4.69, 9.17) is 16.2 Å². The minimum atomic E-state index is -0.491. The zero-order chi connectivity index (χ0) is 17.8. The topological polar surface area (TPSA) is 90.4 Å². The Balaban J connectivity index is 2.58. The Labute approximate surface area is 143 Å². The summed E-state index contributed by atoms with van der Waals surface area (Å²) in [5, 5.41) is 2.72. The third-order valence-electron chi connectivity index (χ3n) is 3.03. The first-order chi connectivity index (χ1) is 10.4. The molecule has 0 aliphatic rings. The molecule has 1 rings (SSSR count). The number of hydrogen-bond acceptors (Lipinski definition) is 5. The molecule has 5 N–H and O–H groups in total. The molecule has 130 valence electrons.